The van der Waals surface area contributed by atoms with E-state index >= 15 is 0 Å². The van der Waals surface area contributed by atoms with Crippen molar-refractivity contribution in [1.29, 1.82) is 0 Å². The highest BCUT2D eigenvalue weighted by Crippen LogP contribution is 2.13. The van der Waals surface area contributed by atoms with Gasteiger partial charge in [0.15, 0.2) is 0 Å². The van der Waals surface area contributed by atoms with Crippen molar-refractivity contribution in [3.05, 3.63) is 0 Å². The predicted molar refractivity (Wildman–Crippen MR) is 51.9 cm³/mol. The Hall–Kier alpha value is -1.05. The lowest BCUT2D eigenvalue weighted by Crippen LogP contribution is -2.42. The number of terminal acetylenes is 1. The second kappa shape index (κ2) is 5.63. The number of carboxylic acid groups (broad SMARTS) is 1. The van der Waals surface area contributed by atoms with Gasteiger partial charge in [-0.25, -0.2) is 0 Å². The summed E-state index contributed by atoms with van der Waals surface area (Å²) in [6.45, 7) is 1.82. The minimum Gasteiger partial charge on any atom is -0.480 e. The van der Waals surface area contributed by atoms with Crippen molar-refractivity contribution in [2.45, 2.75) is 18.9 Å². The van der Waals surface area contributed by atoms with Gasteiger partial charge in [-0.1, -0.05) is 5.92 Å². The molecule has 0 aromatic heterocycles. The summed E-state index contributed by atoms with van der Waals surface area (Å²) in [7, 11) is 0. The molecule has 78 valence electrons. The van der Waals surface area contributed by atoms with E-state index in [1.807, 2.05) is 4.90 Å². The van der Waals surface area contributed by atoms with Gasteiger partial charge in [0.25, 0.3) is 0 Å². The molecule has 1 N–H and O–H groups in total. The van der Waals surface area contributed by atoms with Crippen LogP contribution in [-0.2, 0) is 9.53 Å². The van der Waals surface area contributed by atoms with Crippen LogP contribution in [0.4, 0.5) is 0 Å². The Kier molecular flexibility index (Phi) is 4.44. The average molecular weight is 197 g/mol. The lowest BCUT2D eigenvalue weighted by Gasteiger charge is -2.31. The third-order valence-electron chi connectivity index (χ3n) is 2.34. The molecule has 4 nitrogen and oxygen atoms in total. The van der Waals surface area contributed by atoms with Gasteiger partial charge in [0, 0.05) is 19.3 Å². The second-order valence-corrected chi connectivity index (χ2v) is 3.35. The molecule has 0 aliphatic carbocycles. The average Bonchev–Trinajstić information content (AvgIpc) is 2.18. The lowest BCUT2D eigenvalue weighted by atomic mass is 10.1. The van der Waals surface area contributed by atoms with Crippen molar-refractivity contribution in [1.82, 2.24) is 4.90 Å². The zero-order valence-corrected chi connectivity index (χ0v) is 8.11. The zero-order chi connectivity index (χ0) is 10.4. The fourth-order valence-electron chi connectivity index (χ4n) is 1.66. The largest absolute Gasteiger partial charge is 0.480 e. The van der Waals surface area contributed by atoms with Crippen molar-refractivity contribution < 1.29 is 14.6 Å². The monoisotopic (exact) mass is 197 g/mol. The summed E-state index contributed by atoms with van der Waals surface area (Å²) < 4.78 is 5.21. The number of hydrogen-bond acceptors (Lipinski definition) is 3. The molecule has 1 rings (SSSR count). The lowest BCUT2D eigenvalue weighted by molar-refractivity contribution is -0.139. The van der Waals surface area contributed by atoms with Crippen molar-refractivity contribution in [3.8, 4) is 12.3 Å². The van der Waals surface area contributed by atoms with Gasteiger partial charge in [0.05, 0.1) is 13.1 Å². The Labute approximate surface area is 83.8 Å². The molecule has 0 aromatic carbocycles. The summed E-state index contributed by atoms with van der Waals surface area (Å²) in [6.07, 6.45) is 6.94. The molecule has 1 fully saturated rings. The van der Waals surface area contributed by atoms with Crippen molar-refractivity contribution in [3.63, 3.8) is 0 Å². The van der Waals surface area contributed by atoms with Crippen LogP contribution in [0.3, 0.4) is 0 Å². The highest BCUT2D eigenvalue weighted by Gasteiger charge is 2.22. The number of ether oxygens (including phenoxy) is 1. The number of carboxylic acids is 1. The molecule has 1 aliphatic heterocycles. The number of nitrogens with zero attached hydrogens (tertiary/aromatic N) is 1. The summed E-state index contributed by atoms with van der Waals surface area (Å²) in [6, 6.07) is 0.260. The molecular weight excluding hydrogens is 182 g/mol. The topological polar surface area (TPSA) is 49.8 Å². The molecule has 0 atom stereocenters. The molecule has 0 saturated carbocycles. The smallest absolute Gasteiger partial charge is 0.317 e. The van der Waals surface area contributed by atoms with Crippen LogP contribution in [0.1, 0.15) is 12.8 Å². The van der Waals surface area contributed by atoms with E-state index in [9.17, 15) is 4.79 Å². The quantitative estimate of drug-likeness (QED) is 0.653. The fraction of sp³-hybridized carbons (Fsp3) is 0.700. The van der Waals surface area contributed by atoms with Crippen LogP contribution >= 0.6 is 0 Å². The van der Waals surface area contributed by atoms with Crippen LogP contribution in [0.15, 0.2) is 0 Å². The molecular formula is C10H15NO3. The van der Waals surface area contributed by atoms with Gasteiger partial charge in [-0.05, 0) is 12.8 Å². The van der Waals surface area contributed by atoms with E-state index in [2.05, 4.69) is 5.92 Å². The van der Waals surface area contributed by atoms with Gasteiger partial charge in [0.1, 0.15) is 0 Å². The first-order valence-electron chi connectivity index (χ1n) is 4.71. The highest BCUT2D eigenvalue weighted by atomic mass is 16.5. The minimum absolute atomic E-state index is 0.0227. The molecule has 14 heavy (non-hydrogen) atoms. The van der Waals surface area contributed by atoms with Gasteiger partial charge < -0.3 is 9.84 Å². The molecule has 0 spiro atoms. The first-order valence-corrected chi connectivity index (χ1v) is 4.71. The Morgan fingerprint density at radius 1 is 1.57 bits per heavy atom. The number of aliphatic carboxylic acids is 1. The Morgan fingerprint density at radius 2 is 2.21 bits per heavy atom. The van der Waals surface area contributed by atoms with E-state index < -0.39 is 5.97 Å². The maximum atomic E-state index is 10.6. The van der Waals surface area contributed by atoms with E-state index in [4.69, 9.17) is 16.3 Å². The molecule has 1 saturated heterocycles. The summed E-state index contributed by atoms with van der Waals surface area (Å²) in [5, 5.41) is 8.70. The van der Waals surface area contributed by atoms with Crippen LogP contribution in [-0.4, -0.2) is 48.3 Å². The molecule has 0 aromatic rings. The fourth-order valence-corrected chi connectivity index (χ4v) is 1.66. The number of rotatable bonds is 4. The summed E-state index contributed by atoms with van der Waals surface area (Å²) in [4.78, 5) is 12.4. The van der Waals surface area contributed by atoms with E-state index in [-0.39, 0.29) is 12.6 Å². The summed E-state index contributed by atoms with van der Waals surface area (Å²) >= 11 is 0. The first-order chi connectivity index (χ1) is 6.74. The van der Waals surface area contributed by atoms with Crippen LogP contribution in [0.5, 0.6) is 0 Å². The molecule has 0 amide bonds. The standard InChI is InChI=1S/C10H15NO3/c1-2-5-11(8-10(12)13)9-3-6-14-7-4-9/h1,9H,3-8H2,(H,12,13). The third kappa shape index (κ3) is 3.36. The van der Waals surface area contributed by atoms with Crippen LogP contribution in [0.2, 0.25) is 0 Å². The molecule has 0 bridgehead atoms. The Morgan fingerprint density at radius 3 is 2.71 bits per heavy atom. The van der Waals surface area contributed by atoms with Crippen LogP contribution < -0.4 is 0 Å². The first kappa shape index (κ1) is 11.0. The highest BCUT2D eigenvalue weighted by molar-refractivity contribution is 5.69. The van der Waals surface area contributed by atoms with E-state index in [1.54, 1.807) is 0 Å². The molecule has 4 heteroatoms. The van der Waals surface area contributed by atoms with Gasteiger partial charge in [-0.3, -0.25) is 9.69 Å². The summed E-state index contributed by atoms with van der Waals surface area (Å²) in [5.41, 5.74) is 0. The zero-order valence-electron chi connectivity index (χ0n) is 8.11. The van der Waals surface area contributed by atoms with Gasteiger partial charge in [-0.15, -0.1) is 6.42 Å². The maximum absolute atomic E-state index is 10.6. The number of hydrogen-bond donors (Lipinski definition) is 1. The summed E-state index contributed by atoms with van der Waals surface area (Å²) in [5.74, 6) is 1.67. The molecule has 1 heterocycles. The molecule has 0 unspecified atom stereocenters. The van der Waals surface area contributed by atoms with Gasteiger partial charge >= 0.3 is 5.97 Å². The molecule has 1 aliphatic rings. The van der Waals surface area contributed by atoms with Crippen molar-refractivity contribution in [2.75, 3.05) is 26.3 Å². The van der Waals surface area contributed by atoms with Gasteiger partial charge in [0.2, 0.25) is 0 Å². The Balaban J connectivity index is 2.47. The van der Waals surface area contributed by atoms with Crippen LogP contribution in [0.25, 0.3) is 0 Å². The SMILES string of the molecule is C#CCN(CC(=O)O)C1CCOCC1. The molecule has 0 radical (unpaired) electrons. The minimum atomic E-state index is -0.827. The van der Waals surface area contributed by atoms with Crippen LogP contribution in [0, 0.1) is 12.3 Å². The second-order valence-electron chi connectivity index (χ2n) is 3.35. The number of carbonyl (C=O) groups is 1. The Bertz CT molecular complexity index is 228. The van der Waals surface area contributed by atoms with Crippen molar-refractivity contribution >= 4 is 5.97 Å². The maximum Gasteiger partial charge on any atom is 0.317 e. The third-order valence-corrected chi connectivity index (χ3v) is 2.34. The van der Waals surface area contributed by atoms with E-state index in [0.717, 1.165) is 12.8 Å². The normalized spacial score (nSPS) is 18.0. The van der Waals surface area contributed by atoms with Crippen molar-refractivity contribution in [2.24, 2.45) is 0 Å². The van der Waals surface area contributed by atoms with E-state index in [0.29, 0.717) is 19.8 Å². The van der Waals surface area contributed by atoms with Gasteiger partial charge in [-0.2, -0.15) is 0 Å². The predicted octanol–water partition coefficient (Wildman–Crippen LogP) is 0.185. The van der Waals surface area contributed by atoms with E-state index in [1.165, 1.54) is 0 Å².